The fourth-order valence-corrected chi connectivity index (χ4v) is 11.9. The number of benzene rings is 7. The summed E-state index contributed by atoms with van der Waals surface area (Å²) in [5.41, 5.74) is 13.7. The van der Waals surface area contributed by atoms with Crippen LogP contribution in [0, 0.1) is 0 Å². The minimum absolute atomic E-state index is 0.0136. The number of aliphatic carboxylic acids is 1. The second kappa shape index (κ2) is 28.5. The lowest BCUT2D eigenvalue weighted by Crippen LogP contribution is -2.29. The van der Waals surface area contributed by atoms with E-state index in [1.54, 1.807) is 0 Å². The molecule has 0 bridgehead atoms. The van der Waals surface area contributed by atoms with E-state index in [1.165, 1.54) is 0 Å². The largest absolute Gasteiger partial charge is 0.481 e. The van der Waals surface area contributed by atoms with Gasteiger partial charge in [0.2, 0.25) is 17.7 Å². The fraction of sp³-hybridized carbons (Fsp3) is 0.233. The monoisotopic (exact) mass is 1290 g/mol. The molecule has 0 spiro atoms. The van der Waals surface area contributed by atoms with Crippen molar-refractivity contribution in [1.82, 2.24) is 24.7 Å². The summed E-state index contributed by atoms with van der Waals surface area (Å²) in [6.45, 7) is -0.631. The van der Waals surface area contributed by atoms with Crippen molar-refractivity contribution < 1.29 is 63.2 Å². The van der Waals surface area contributed by atoms with Gasteiger partial charge in [0.25, 0.3) is 30.4 Å². The third-order valence-corrected chi connectivity index (χ3v) is 17.3. The lowest BCUT2D eigenvalue weighted by Gasteiger charge is -2.26. The molecular formula is C60H59N9O14S5. The molecule has 1 aliphatic heterocycles. The van der Waals surface area contributed by atoms with Gasteiger partial charge in [0.1, 0.15) is 22.4 Å². The van der Waals surface area contributed by atoms with E-state index >= 15 is 0 Å². The van der Waals surface area contributed by atoms with Gasteiger partial charge in [-0.1, -0.05) is 72.8 Å². The van der Waals surface area contributed by atoms with Crippen LogP contribution < -0.4 is 25.8 Å². The lowest BCUT2D eigenvalue weighted by molar-refractivity contribution is -0.137. The van der Waals surface area contributed by atoms with Crippen LogP contribution in [0.1, 0.15) is 47.9 Å². The Kier molecular flexibility index (Phi) is 20.7. The van der Waals surface area contributed by atoms with Gasteiger partial charge in [-0.15, -0.1) is 0 Å². The summed E-state index contributed by atoms with van der Waals surface area (Å²) < 4.78 is 113. The molecule has 1 aromatic heterocycles. The molecule has 8 aromatic rings. The average molecular weight is 1290 g/mol. The minimum atomic E-state index is -4.22. The second-order valence-corrected chi connectivity index (χ2v) is 26.2. The van der Waals surface area contributed by atoms with Crippen molar-refractivity contribution in [3.8, 4) is 22.3 Å². The van der Waals surface area contributed by atoms with Gasteiger partial charge in [-0.05, 0) is 132 Å². The standard InChI is InChI=1S/C60H59N9O14S5/c70-51(61-33-36-86(75,76)77)29-9-39-1-17-45(18-2-39)68(46-19-3-40(4-20-46)10-30-52(71)62-34-37-87(78,79)80)49-25-13-43(14-26-49)55-57-59(66-84-64-57)56(60-58(55)65-85-67-60)44-15-27-50(28-16-44)69(48-23-7-42(8-24-48)12-32-54(73)74)47-21-5-41(6-22-47)11-31-53(72)63-35-38-88(81,82)83/h1-8,13-28H,9-12,29-38H2,(H,61,70)(H,62,71)(H,63,72)(H,73,74)(H,75,76,77)(H,78,79,80)(H,81,82,83). The Labute approximate surface area is 515 Å². The molecular weight excluding hydrogens is 1230 g/mol. The maximum absolute atomic E-state index is 12.5. The molecule has 3 amide bonds. The first kappa shape index (κ1) is 63.9. The fourth-order valence-electron chi connectivity index (χ4n) is 9.75. The number of carbonyl (C=O) groups is 4. The van der Waals surface area contributed by atoms with Gasteiger partial charge in [-0.3, -0.25) is 32.8 Å². The number of nitrogens with zero attached hydrogens (tertiary/aromatic N) is 6. The highest BCUT2D eigenvalue weighted by Gasteiger charge is 2.27. The molecule has 0 saturated heterocycles. The summed E-state index contributed by atoms with van der Waals surface area (Å²) >= 11 is 2.13. The van der Waals surface area contributed by atoms with E-state index in [4.69, 9.17) is 31.1 Å². The number of hydrogen-bond acceptors (Lipinski definition) is 17. The summed E-state index contributed by atoms with van der Waals surface area (Å²) in [7, 11) is -12.7. The maximum atomic E-state index is 12.5. The highest BCUT2D eigenvalue weighted by molar-refractivity contribution is 7.86. The first-order chi connectivity index (χ1) is 42.0. The van der Waals surface area contributed by atoms with Crippen molar-refractivity contribution in [3.63, 3.8) is 0 Å². The molecule has 2 heterocycles. The van der Waals surface area contributed by atoms with Crippen molar-refractivity contribution in [1.29, 1.82) is 0 Å². The molecule has 23 nitrogen and oxygen atoms in total. The number of amides is 3. The highest BCUT2D eigenvalue weighted by Crippen LogP contribution is 2.52. The van der Waals surface area contributed by atoms with E-state index in [-0.39, 0.29) is 63.0 Å². The Morgan fingerprint density at radius 2 is 0.659 bits per heavy atom. The SMILES string of the molecule is O=C(O)CCc1ccc(N(c2ccc(CCC(=O)NCCS(=O)(=O)O)cc2)c2ccc(-c3c4c(c(-c5ccc(N(c6ccc(CCC(=O)NCCS(=O)(=O)O)cc6)c6ccc(CCC(=O)NCCS(=O)(=O)O)cc6)cc5)c5nsnc35)N=S=N4)cc2)cc1. The molecule has 0 fully saturated rings. The second-order valence-electron chi connectivity index (χ2n) is 20.4. The van der Waals surface area contributed by atoms with Crippen molar-refractivity contribution in [2.75, 3.05) is 46.7 Å². The van der Waals surface area contributed by atoms with Crippen LogP contribution in [0.4, 0.5) is 45.5 Å². The number of hydrogen-bond donors (Lipinski definition) is 7. The molecule has 0 aliphatic carbocycles. The van der Waals surface area contributed by atoms with Crippen molar-refractivity contribution in [2.45, 2.75) is 51.4 Å². The Balaban J connectivity index is 0.985. The van der Waals surface area contributed by atoms with Crippen LogP contribution in [0.15, 0.2) is 154 Å². The number of nitrogens with one attached hydrogen (secondary N) is 3. The third kappa shape index (κ3) is 17.6. The topological polar surface area (TPSA) is 345 Å². The van der Waals surface area contributed by atoms with Crippen LogP contribution in [0.2, 0.25) is 0 Å². The van der Waals surface area contributed by atoms with Crippen LogP contribution >= 0.6 is 11.7 Å². The highest BCUT2D eigenvalue weighted by atomic mass is 32.2. The van der Waals surface area contributed by atoms with Gasteiger partial charge in [0.05, 0.1) is 40.3 Å². The van der Waals surface area contributed by atoms with Crippen molar-refractivity contribution >= 4 is 134 Å². The molecule has 9 rings (SSSR count). The first-order valence-corrected chi connectivity index (χ1v) is 33.8. The number of carboxylic acids is 1. The summed E-state index contributed by atoms with van der Waals surface area (Å²) in [6.07, 6.45) is 1.72. The first-order valence-electron chi connectivity index (χ1n) is 27.5. The average Bonchev–Trinajstić information content (AvgIpc) is 1.94. The van der Waals surface area contributed by atoms with E-state index in [0.29, 0.717) is 48.1 Å². The van der Waals surface area contributed by atoms with E-state index in [1.807, 2.05) is 155 Å². The predicted octanol–water partition coefficient (Wildman–Crippen LogP) is 9.52. The van der Waals surface area contributed by atoms with Gasteiger partial charge in [0, 0.05) is 90.6 Å². The van der Waals surface area contributed by atoms with Crippen molar-refractivity contribution in [3.05, 3.63) is 168 Å². The lowest BCUT2D eigenvalue weighted by atomic mass is 9.93. The van der Waals surface area contributed by atoms with E-state index < -0.39 is 53.6 Å². The zero-order valence-corrected chi connectivity index (χ0v) is 50.9. The smallest absolute Gasteiger partial charge is 0.303 e. The number of carboxylic acid groups (broad SMARTS) is 1. The van der Waals surface area contributed by atoms with Crippen LogP contribution in [0.3, 0.4) is 0 Å². The molecule has 7 aromatic carbocycles. The van der Waals surface area contributed by atoms with Gasteiger partial charge >= 0.3 is 5.97 Å². The van der Waals surface area contributed by atoms with Gasteiger partial charge in [-0.2, -0.15) is 42.7 Å². The molecule has 7 N–H and O–H groups in total. The van der Waals surface area contributed by atoms with Crippen LogP contribution in [0.25, 0.3) is 33.3 Å². The van der Waals surface area contributed by atoms with E-state index in [2.05, 4.69) is 16.0 Å². The molecule has 0 radical (unpaired) electrons. The van der Waals surface area contributed by atoms with E-state index in [9.17, 15) is 49.5 Å². The predicted molar refractivity (Wildman–Crippen MR) is 338 cm³/mol. The number of rotatable bonds is 29. The zero-order chi connectivity index (χ0) is 62.6. The van der Waals surface area contributed by atoms with Crippen molar-refractivity contribution in [2.24, 2.45) is 8.73 Å². The molecule has 458 valence electrons. The summed E-state index contributed by atoms with van der Waals surface area (Å²) in [5, 5.41) is 16.8. The quantitative estimate of drug-likeness (QED) is 0.0214. The molecule has 0 unspecified atom stereocenters. The Bertz CT molecular complexity index is 4190. The Morgan fingerprint density at radius 1 is 0.398 bits per heavy atom. The van der Waals surface area contributed by atoms with Crippen LogP contribution in [0.5, 0.6) is 0 Å². The summed E-state index contributed by atoms with van der Waals surface area (Å²) in [6, 6.07) is 46.4. The zero-order valence-electron chi connectivity index (χ0n) is 46.9. The number of fused-ring (bicyclic) bond motifs is 2. The number of carbonyl (C=O) groups excluding carboxylic acids is 3. The van der Waals surface area contributed by atoms with E-state index in [0.717, 1.165) is 102 Å². The van der Waals surface area contributed by atoms with Crippen LogP contribution in [-0.4, -0.2) is 113 Å². The summed E-state index contributed by atoms with van der Waals surface area (Å²) in [4.78, 5) is 52.9. The molecule has 28 heteroatoms. The number of anilines is 6. The van der Waals surface area contributed by atoms with Gasteiger partial charge in [-0.25, -0.2) is 0 Å². The molecule has 0 saturated carbocycles. The summed E-state index contributed by atoms with van der Waals surface area (Å²) in [5.74, 6) is -3.75. The minimum Gasteiger partial charge on any atom is -0.481 e. The van der Waals surface area contributed by atoms with Crippen LogP contribution in [-0.2, 0) is 86.6 Å². The molecule has 88 heavy (non-hydrogen) atoms. The van der Waals surface area contributed by atoms with Gasteiger partial charge < -0.3 is 30.9 Å². The molecule has 1 aliphatic rings. The van der Waals surface area contributed by atoms with Gasteiger partial charge in [0.15, 0.2) is 0 Å². The maximum Gasteiger partial charge on any atom is 0.303 e. The number of aromatic nitrogens is 2. The number of aryl methyl sites for hydroxylation is 4. The molecule has 0 atom stereocenters. The normalized spacial score (nSPS) is 12.1. The Morgan fingerprint density at radius 3 is 0.920 bits per heavy atom. The Hall–Kier alpha value is -8.61. The third-order valence-electron chi connectivity index (χ3n) is 14.1.